The zero-order valence-electron chi connectivity index (χ0n) is 23.4. The van der Waals surface area contributed by atoms with Crippen LogP contribution in [0.3, 0.4) is 0 Å². The molecule has 3 aliphatic rings. The average molecular weight is 596 g/mol. The molecule has 0 amide bonds. The van der Waals surface area contributed by atoms with Crippen LogP contribution in [0, 0.1) is 17.1 Å². The molecule has 0 aliphatic carbocycles. The fraction of sp³-hybridized carbons (Fsp3) is 0.500. The van der Waals surface area contributed by atoms with Gasteiger partial charge < -0.3 is 30.9 Å². The second kappa shape index (κ2) is 10.8. The first-order valence-electron chi connectivity index (χ1n) is 13.8. The van der Waals surface area contributed by atoms with Crippen LogP contribution in [0.15, 0.2) is 18.3 Å². The van der Waals surface area contributed by atoms with Gasteiger partial charge in [0.25, 0.3) is 0 Å². The fourth-order valence-corrected chi connectivity index (χ4v) is 9.03. The van der Waals surface area contributed by atoms with Gasteiger partial charge >= 0.3 is 6.01 Å². The number of aromatic nitrogens is 3. The average Bonchev–Trinajstić information content (AvgIpc) is 3.61. The number of pyridine rings is 1. The molecule has 0 unspecified atom stereocenters. The van der Waals surface area contributed by atoms with Crippen molar-refractivity contribution in [3.63, 3.8) is 0 Å². The highest BCUT2D eigenvalue weighted by Crippen LogP contribution is 2.58. The number of likely N-dealkylation sites (N-methyl/N-ethyl adjacent to an activating group) is 1. The van der Waals surface area contributed by atoms with Crippen molar-refractivity contribution in [3.05, 3.63) is 45.7 Å². The van der Waals surface area contributed by atoms with Crippen molar-refractivity contribution in [2.75, 3.05) is 61.1 Å². The van der Waals surface area contributed by atoms with E-state index >= 15 is 4.39 Å². The van der Waals surface area contributed by atoms with Crippen LogP contribution in [0.1, 0.15) is 54.3 Å². The zero-order chi connectivity index (χ0) is 28.9. The van der Waals surface area contributed by atoms with E-state index in [1.54, 1.807) is 18.0 Å². The topological polar surface area (TPSA) is 133 Å². The number of nitrogen functional groups attached to an aromatic ring is 2. The molecule has 10 nitrogen and oxygen atoms in total. The van der Waals surface area contributed by atoms with Crippen LogP contribution in [0.2, 0.25) is 0 Å². The van der Waals surface area contributed by atoms with E-state index in [-0.39, 0.29) is 34.5 Å². The van der Waals surface area contributed by atoms with Crippen LogP contribution in [-0.2, 0) is 10.5 Å². The second-order valence-electron chi connectivity index (χ2n) is 10.9. The van der Waals surface area contributed by atoms with Crippen LogP contribution in [0.5, 0.6) is 6.01 Å². The molecule has 6 rings (SSSR count). The molecular weight excluding hydrogens is 562 g/mol. The standard InChI is InChI=1S/C28H34FN9OS2/c1-4-38(16(2)18-8-5-9-33-23(18)31)26-22(29)25(34-27(35-26)39-12-17-7-6-10-36(17)3)37-14-28(15-37)21-19(11-30)24(32)41-20(21)13-40-28/h5,8-9,16-17H,4,6-7,10,12-15,32H2,1-3H3,(H2,31,33)/t16-,17+/m1/s1. The summed E-state index contributed by atoms with van der Waals surface area (Å²) in [5.41, 5.74) is 14.7. The highest BCUT2D eigenvalue weighted by atomic mass is 32.2. The quantitative estimate of drug-likeness (QED) is 0.389. The van der Waals surface area contributed by atoms with E-state index in [9.17, 15) is 5.26 Å². The third kappa shape index (κ3) is 4.71. The number of nitrogens with zero attached hydrogens (tertiary/aromatic N) is 7. The SMILES string of the molecule is CCN(c1nc(OC[C@@H]2CCCN2C)nc(N2CC3(C2)SCc2sc(N)c(C#N)c23)c1F)[C@H](C)c1cccnc1N. The minimum atomic E-state index is -0.505. The predicted octanol–water partition coefficient (Wildman–Crippen LogP) is 4.13. The van der Waals surface area contributed by atoms with Crippen molar-refractivity contribution in [2.45, 2.75) is 49.3 Å². The van der Waals surface area contributed by atoms with Gasteiger partial charge in [-0.25, -0.2) is 4.98 Å². The Balaban J connectivity index is 1.34. The van der Waals surface area contributed by atoms with Gasteiger partial charge in [0.2, 0.25) is 5.82 Å². The molecule has 0 bridgehead atoms. The van der Waals surface area contributed by atoms with Gasteiger partial charge in [-0.05, 0) is 46.3 Å². The molecule has 41 heavy (non-hydrogen) atoms. The molecule has 2 fully saturated rings. The third-order valence-corrected chi connectivity index (χ3v) is 11.2. The van der Waals surface area contributed by atoms with Crippen LogP contribution >= 0.6 is 23.1 Å². The Morgan fingerprint density at radius 2 is 2.15 bits per heavy atom. The number of anilines is 4. The Morgan fingerprint density at radius 3 is 2.83 bits per heavy atom. The second-order valence-corrected chi connectivity index (χ2v) is 13.4. The van der Waals surface area contributed by atoms with Crippen molar-refractivity contribution in [3.8, 4) is 12.1 Å². The summed E-state index contributed by atoms with van der Waals surface area (Å²) in [6.45, 7) is 6.90. The Labute approximate surface area is 247 Å². The van der Waals surface area contributed by atoms with Gasteiger partial charge in [-0.15, -0.1) is 23.1 Å². The van der Waals surface area contributed by atoms with Crippen molar-refractivity contribution in [1.82, 2.24) is 19.9 Å². The number of fused-ring (bicyclic) bond motifs is 2. The largest absolute Gasteiger partial charge is 0.462 e. The smallest absolute Gasteiger partial charge is 0.320 e. The van der Waals surface area contributed by atoms with Gasteiger partial charge in [-0.2, -0.15) is 19.6 Å². The molecule has 3 aliphatic heterocycles. The van der Waals surface area contributed by atoms with Gasteiger partial charge in [0.15, 0.2) is 11.6 Å². The van der Waals surface area contributed by atoms with Crippen LogP contribution in [0.4, 0.5) is 26.8 Å². The molecular formula is C28H34FN9OS2. The number of rotatable bonds is 8. The Bertz CT molecular complexity index is 1500. The number of hydrogen-bond acceptors (Lipinski definition) is 12. The van der Waals surface area contributed by atoms with Gasteiger partial charge in [-0.3, -0.25) is 0 Å². The van der Waals surface area contributed by atoms with Crippen molar-refractivity contribution in [2.24, 2.45) is 0 Å². The lowest BCUT2D eigenvalue weighted by molar-refractivity contribution is 0.187. The lowest BCUT2D eigenvalue weighted by Gasteiger charge is -2.48. The van der Waals surface area contributed by atoms with Crippen LogP contribution < -0.4 is 26.0 Å². The fourth-order valence-electron chi connectivity index (χ4n) is 6.22. The molecule has 3 aromatic heterocycles. The molecule has 2 atom stereocenters. The van der Waals surface area contributed by atoms with E-state index in [2.05, 4.69) is 33.0 Å². The first kappa shape index (κ1) is 27.8. The van der Waals surface area contributed by atoms with E-state index in [1.807, 2.05) is 35.8 Å². The van der Waals surface area contributed by atoms with Gasteiger partial charge in [-0.1, -0.05) is 6.07 Å². The van der Waals surface area contributed by atoms with E-state index < -0.39 is 5.82 Å². The summed E-state index contributed by atoms with van der Waals surface area (Å²) in [6.07, 6.45) is 3.80. The summed E-state index contributed by atoms with van der Waals surface area (Å²) in [5.74, 6) is 1.07. The number of thiophene rings is 1. The lowest BCUT2D eigenvalue weighted by Crippen LogP contribution is -2.57. The maximum atomic E-state index is 16.5. The number of ether oxygens (including phenoxy) is 1. The van der Waals surface area contributed by atoms with Crippen LogP contribution in [-0.4, -0.2) is 65.7 Å². The maximum Gasteiger partial charge on any atom is 0.320 e. The maximum absolute atomic E-state index is 16.5. The lowest BCUT2D eigenvalue weighted by atomic mass is 9.88. The summed E-state index contributed by atoms with van der Waals surface area (Å²) < 4.78 is 22.3. The molecule has 6 heterocycles. The first-order chi connectivity index (χ1) is 19.8. The Hall–Kier alpha value is -3.34. The van der Waals surface area contributed by atoms with Gasteiger partial charge in [0.1, 0.15) is 23.5 Å². The minimum absolute atomic E-state index is 0.153. The number of halogens is 1. The number of thioether (sulfide) groups is 1. The summed E-state index contributed by atoms with van der Waals surface area (Å²) in [5, 5.41) is 10.3. The van der Waals surface area contributed by atoms with Crippen molar-refractivity contribution < 1.29 is 9.13 Å². The summed E-state index contributed by atoms with van der Waals surface area (Å²) in [6, 6.07) is 6.14. The molecule has 0 saturated carbocycles. The molecule has 2 saturated heterocycles. The zero-order valence-corrected chi connectivity index (χ0v) is 25.1. The first-order valence-corrected chi connectivity index (χ1v) is 15.6. The van der Waals surface area contributed by atoms with Crippen molar-refractivity contribution in [1.29, 1.82) is 5.26 Å². The third-order valence-electron chi connectivity index (χ3n) is 8.52. The monoisotopic (exact) mass is 595 g/mol. The Kier molecular flexibility index (Phi) is 7.33. The van der Waals surface area contributed by atoms with E-state index in [0.717, 1.165) is 41.1 Å². The highest BCUT2D eigenvalue weighted by Gasteiger charge is 2.53. The molecule has 0 radical (unpaired) electrons. The normalized spacial score (nSPS) is 20.1. The highest BCUT2D eigenvalue weighted by molar-refractivity contribution is 8.00. The summed E-state index contributed by atoms with van der Waals surface area (Å²) in [7, 11) is 2.09. The molecule has 0 aromatic carbocycles. The molecule has 1 spiro atoms. The number of nitrogens with two attached hydrogens (primary N) is 2. The molecule has 4 N–H and O–H groups in total. The van der Waals surface area contributed by atoms with E-state index in [1.165, 1.54) is 11.3 Å². The van der Waals surface area contributed by atoms with Gasteiger partial charge in [0, 0.05) is 53.6 Å². The number of hydrogen-bond donors (Lipinski definition) is 2. The minimum Gasteiger partial charge on any atom is -0.462 e. The van der Waals surface area contributed by atoms with Crippen LogP contribution in [0.25, 0.3) is 0 Å². The predicted molar refractivity (Wildman–Crippen MR) is 162 cm³/mol. The molecule has 13 heteroatoms. The molecule has 3 aromatic rings. The van der Waals surface area contributed by atoms with Gasteiger partial charge in [0.05, 0.1) is 16.4 Å². The van der Waals surface area contributed by atoms with E-state index in [0.29, 0.717) is 42.6 Å². The summed E-state index contributed by atoms with van der Waals surface area (Å²) >= 11 is 3.27. The van der Waals surface area contributed by atoms with E-state index in [4.69, 9.17) is 16.2 Å². The Morgan fingerprint density at radius 1 is 1.34 bits per heavy atom. The van der Waals surface area contributed by atoms with Crippen molar-refractivity contribution >= 4 is 45.6 Å². The molecule has 216 valence electrons. The number of nitriles is 1. The summed E-state index contributed by atoms with van der Waals surface area (Å²) in [4.78, 5) is 20.6. The number of likely N-dealkylation sites (tertiary alicyclic amines) is 1.